The van der Waals surface area contributed by atoms with Crippen LogP contribution in [0.2, 0.25) is 0 Å². The van der Waals surface area contributed by atoms with E-state index in [0.717, 1.165) is 0 Å². The first-order valence-corrected chi connectivity index (χ1v) is 13.9. The molecule has 12 heteroatoms. The lowest BCUT2D eigenvalue weighted by Gasteiger charge is -2.28. The van der Waals surface area contributed by atoms with Gasteiger partial charge in [-0.2, -0.15) is 24.4 Å². The molecule has 0 aliphatic carbocycles. The number of carbonyl (C=O) groups excluding carboxylic acids is 5. The molecule has 10 nitrogen and oxygen atoms in total. The maximum Gasteiger partial charge on any atom is 0.329 e. The number of thioether (sulfide) groups is 1. The number of carbonyl (C=O) groups is 5. The number of thiol groups is 1. The molecular weight excluding hydrogens is 504 g/mol. The molecule has 2 aliphatic rings. The molecule has 0 saturated carbocycles. The predicted octanol–water partition coefficient (Wildman–Crippen LogP) is 0.565. The van der Waals surface area contributed by atoms with Gasteiger partial charge in [0.05, 0.1) is 6.42 Å². The topological polar surface area (TPSA) is 143 Å². The third-order valence-electron chi connectivity index (χ3n) is 5.99. The zero-order valence-corrected chi connectivity index (χ0v) is 23.1. The summed E-state index contributed by atoms with van der Waals surface area (Å²) >= 11 is 5.53. The Balaban J connectivity index is 2.44. The van der Waals surface area contributed by atoms with E-state index in [4.69, 9.17) is 4.74 Å². The third-order valence-corrected chi connectivity index (χ3v) is 7.57. The van der Waals surface area contributed by atoms with Gasteiger partial charge in [0.25, 0.3) is 0 Å². The fraction of sp³-hybridized carbons (Fsp3) is 0.708. The highest BCUT2D eigenvalue weighted by atomic mass is 32.2. The SMILES string of the molecule is CC(C)C1NC(=O)C2NC(=O)[C@@H](CSC2C)NC(=O)[C@@H](C(C)C)NC(=O)C[C@H](/C=C/CCS)OC1=O. The van der Waals surface area contributed by atoms with Crippen LogP contribution in [0, 0.1) is 11.8 Å². The zero-order chi connectivity index (χ0) is 27.0. The van der Waals surface area contributed by atoms with E-state index in [2.05, 4.69) is 33.9 Å². The van der Waals surface area contributed by atoms with E-state index in [9.17, 15) is 24.0 Å². The van der Waals surface area contributed by atoms with E-state index in [1.165, 1.54) is 11.8 Å². The summed E-state index contributed by atoms with van der Waals surface area (Å²) < 4.78 is 5.65. The quantitative estimate of drug-likeness (QED) is 0.194. The highest BCUT2D eigenvalue weighted by Gasteiger charge is 2.39. The van der Waals surface area contributed by atoms with Gasteiger partial charge in [-0.25, -0.2) is 4.79 Å². The van der Waals surface area contributed by atoms with Gasteiger partial charge in [0.1, 0.15) is 30.3 Å². The molecular formula is C24H38N4O6S2. The lowest BCUT2D eigenvalue weighted by Crippen LogP contribution is -2.59. The van der Waals surface area contributed by atoms with Crippen LogP contribution in [0.1, 0.15) is 47.5 Å². The molecule has 0 aromatic rings. The smallest absolute Gasteiger partial charge is 0.329 e. The maximum atomic E-state index is 13.2. The van der Waals surface area contributed by atoms with Crippen molar-refractivity contribution in [3.05, 3.63) is 12.2 Å². The van der Waals surface area contributed by atoms with Gasteiger partial charge in [-0.1, -0.05) is 40.7 Å². The molecule has 0 aromatic carbocycles. The molecule has 202 valence electrons. The van der Waals surface area contributed by atoms with Crippen molar-refractivity contribution in [3.63, 3.8) is 0 Å². The number of fused-ring (bicyclic) bond motifs is 3. The van der Waals surface area contributed by atoms with E-state index in [0.29, 0.717) is 12.2 Å². The average molecular weight is 543 g/mol. The summed E-state index contributed by atoms with van der Waals surface area (Å²) in [4.78, 5) is 65.1. The highest BCUT2D eigenvalue weighted by molar-refractivity contribution is 8.00. The summed E-state index contributed by atoms with van der Waals surface area (Å²) in [5, 5.41) is 10.6. The van der Waals surface area contributed by atoms with Crippen LogP contribution in [-0.4, -0.2) is 76.6 Å². The van der Waals surface area contributed by atoms with Crippen LogP contribution in [-0.2, 0) is 28.7 Å². The van der Waals surface area contributed by atoms with Crippen LogP contribution in [0.4, 0.5) is 0 Å². The molecule has 2 heterocycles. The number of ether oxygens (including phenoxy) is 1. The Kier molecular flexibility index (Phi) is 11.6. The number of hydrogen-bond acceptors (Lipinski definition) is 8. The minimum atomic E-state index is -0.981. The van der Waals surface area contributed by atoms with Crippen molar-refractivity contribution in [1.29, 1.82) is 0 Å². The van der Waals surface area contributed by atoms with Gasteiger partial charge in [-0.3, -0.25) is 19.2 Å². The first-order valence-electron chi connectivity index (χ1n) is 12.2. The Morgan fingerprint density at radius 2 is 1.61 bits per heavy atom. The number of amides is 4. The van der Waals surface area contributed by atoms with Crippen molar-refractivity contribution >= 4 is 54.0 Å². The molecule has 4 N–H and O–H groups in total. The van der Waals surface area contributed by atoms with Gasteiger partial charge in [0.2, 0.25) is 23.6 Å². The van der Waals surface area contributed by atoms with E-state index in [1.54, 1.807) is 46.8 Å². The Morgan fingerprint density at radius 3 is 2.22 bits per heavy atom. The van der Waals surface area contributed by atoms with Crippen LogP contribution < -0.4 is 21.3 Å². The molecule has 0 radical (unpaired) electrons. The standard InChI is InChI=1S/C24H38N4O6S2/c1-12(2)18-22(31)25-16-11-36-14(5)20(28-21(16)30)23(32)27-19(13(3)4)24(33)34-15(8-6-7-9-35)10-17(29)26-18/h6,8,12-16,18-20,35H,7,9-11H2,1-5H3,(H,25,31)(H,26,29)(H,27,32)(H,28,30)/b8-6+/t14?,15-,16+,18+,19?,20?/m0/s1. The summed E-state index contributed by atoms with van der Waals surface area (Å²) in [6, 6.07) is -3.66. The molecule has 2 saturated heterocycles. The maximum absolute atomic E-state index is 13.2. The lowest BCUT2D eigenvalue weighted by atomic mass is 10.0. The van der Waals surface area contributed by atoms with E-state index < -0.39 is 59.9 Å². The summed E-state index contributed by atoms with van der Waals surface area (Å²) in [6.07, 6.45) is 2.89. The Morgan fingerprint density at radius 1 is 0.944 bits per heavy atom. The van der Waals surface area contributed by atoms with Crippen molar-refractivity contribution in [2.24, 2.45) is 11.8 Å². The van der Waals surface area contributed by atoms with Gasteiger partial charge >= 0.3 is 5.97 Å². The Hall–Kier alpha value is -2.21. The Bertz CT molecular complexity index is 866. The zero-order valence-electron chi connectivity index (χ0n) is 21.4. The van der Waals surface area contributed by atoms with Gasteiger partial charge in [-0.05, 0) is 30.1 Å². The Labute approximate surface area is 222 Å². The molecule has 6 atom stereocenters. The first-order chi connectivity index (χ1) is 16.9. The number of cyclic esters (lactones) is 1. The second-order valence-corrected chi connectivity index (χ2v) is 11.6. The lowest BCUT2D eigenvalue weighted by molar-refractivity contribution is -0.153. The van der Waals surface area contributed by atoms with Crippen molar-refractivity contribution in [1.82, 2.24) is 21.3 Å². The normalized spacial score (nSPS) is 31.1. The number of nitrogens with one attached hydrogen (secondary N) is 4. The molecule has 36 heavy (non-hydrogen) atoms. The number of esters is 1. The van der Waals surface area contributed by atoms with E-state index in [1.807, 2.05) is 0 Å². The molecule has 2 bridgehead atoms. The molecule has 3 unspecified atom stereocenters. The minimum Gasteiger partial charge on any atom is -0.456 e. The summed E-state index contributed by atoms with van der Waals surface area (Å²) in [5.74, 6) is -2.42. The highest BCUT2D eigenvalue weighted by Crippen LogP contribution is 2.21. The van der Waals surface area contributed by atoms with Gasteiger partial charge in [0.15, 0.2) is 0 Å². The third kappa shape index (κ3) is 8.43. The van der Waals surface area contributed by atoms with Crippen LogP contribution in [0.25, 0.3) is 0 Å². The van der Waals surface area contributed by atoms with Crippen molar-refractivity contribution in [3.8, 4) is 0 Å². The molecule has 0 aromatic heterocycles. The number of rotatable bonds is 5. The summed E-state index contributed by atoms with van der Waals surface area (Å²) in [7, 11) is 0. The fourth-order valence-corrected chi connectivity index (χ4v) is 5.09. The predicted molar refractivity (Wildman–Crippen MR) is 141 cm³/mol. The molecule has 0 spiro atoms. The second kappa shape index (κ2) is 13.9. The van der Waals surface area contributed by atoms with Gasteiger partial charge in [0, 0.05) is 11.0 Å². The summed E-state index contributed by atoms with van der Waals surface area (Å²) in [6.45, 7) is 8.90. The van der Waals surface area contributed by atoms with E-state index in [-0.39, 0.29) is 29.3 Å². The van der Waals surface area contributed by atoms with E-state index >= 15 is 0 Å². The number of hydrogen-bond donors (Lipinski definition) is 5. The first kappa shape index (κ1) is 30.0. The molecule has 2 fully saturated rings. The van der Waals surface area contributed by atoms with Crippen LogP contribution >= 0.6 is 24.4 Å². The van der Waals surface area contributed by atoms with Crippen molar-refractivity contribution in [2.75, 3.05) is 11.5 Å². The van der Waals surface area contributed by atoms with Gasteiger partial charge < -0.3 is 26.0 Å². The van der Waals surface area contributed by atoms with Crippen molar-refractivity contribution in [2.45, 2.75) is 83.0 Å². The molecule has 4 amide bonds. The van der Waals surface area contributed by atoms with Crippen LogP contribution in [0.15, 0.2) is 12.2 Å². The monoisotopic (exact) mass is 542 g/mol. The fourth-order valence-electron chi connectivity index (χ4n) is 3.82. The molecule has 2 aliphatic heterocycles. The molecule has 2 rings (SSSR count). The minimum absolute atomic E-state index is 0.205. The van der Waals surface area contributed by atoms with Crippen LogP contribution in [0.3, 0.4) is 0 Å². The van der Waals surface area contributed by atoms with Gasteiger partial charge in [-0.15, -0.1) is 0 Å². The second-order valence-electron chi connectivity index (χ2n) is 9.73. The van der Waals surface area contributed by atoms with Crippen LogP contribution in [0.5, 0.6) is 0 Å². The van der Waals surface area contributed by atoms with Crippen molar-refractivity contribution < 1.29 is 28.7 Å². The average Bonchev–Trinajstić information content (AvgIpc) is 2.93. The largest absolute Gasteiger partial charge is 0.456 e. The summed E-state index contributed by atoms with van der Waals surface area (Å²) in [5.41, 5.74) is 0. The number of allylic oxidation sites excluding steroid dienone is 1.